The van der Waals surface area contributed by atoms with E-state index in [1.807, 2.05) is 6.08 Å². The number of nitrogens with zero attached hydrogens (tertiary/aromatic N) is 1. The highest BCUT2D eigenvalue weighted by Crippen LogP contribution is 2.44. The number of carboxylic acid groups (broad SMARTS) is 1. The summed E-state index contributed by atoms with van der Waals surface area (Å²) in [6.45, 7) is 9.29. The van der Waals surface area contributed by atoms with Gasteiger partial charge in [-0.05, 0) is 32.6 Å². The molecule has 0 spiro atoms. The van der Waals surface area contributed by atoms with E-state index in [0.29, 0.717) is 6.61 Å². The van der Waals surface area contributed by atoms with Gasteiger partial charge in [0.2, 0.25) is 5.91 Å². The third-order valence-corrected chi connectivity index (χ3v) is 5.41. The summed E-state index contributed by atoms with van der Waals surface area (Å²) in [5.41, 5.74) is -1.37. The molecule has 8 heteroatoms. The average molecular weight is 394 g/mol. The first kappa shape index (κ1) is 22.1. The van der Waals surface area contributed by atoms with Crippen molar-refractivity contribution in [3.05, 3.63) is 25.3 Å². The van der Waals surface area contributed by atoms with Crippen molar-refractivity contribution < 1.29 is 29.3 Å². The van der Waals surface area contributed by atoms with E-state index in [0.717, 1.165) is 19.3 Å². The van der Waals surface area contributed by atoms with Gasteiger partial charge in [-0.1, -0.05) is 12.2 Å². The summed E-state index contributed by atoms with van der Waals surface area (Å²) < 4.78 is 5.57. The molecular formula is C20H30N2O6. The first-order valence-corrected chi connectivity index (χ1v) is 9.65. The predicted octanol–water partition coefficient (Wildman–Crippen LogP) is 0.855. The minimum atomic E-state index is -1.37. The zero-order valence-electron chi connectivity index (χ0n) is 16.3. The van der Waals surface area contributed by atoms with Gasteiger partial charge in [-0.25, -0.2) is 4.79 Å². The average Bonchev–Trinajstić information content (AvgIpc) is 3.24. The number of amides is 2. The summed E-state index contributed by atoms with van der Waals surface area (Å²) in [4.78, 5) is 38.3. The van der Waals surface area contributed by atoms with Crippen LogP contribution >= 0.6 is 0 Å². The smallest absolute Gasteiger partial charge is 0.330 e. The Kier molecular flexibility index (Phi) is 7.37. The topological polar surface area (TPSA) is 116 Å². The van der Waals surface area contributed by atoms with Crippen LogP contribution in [0.15, 0.2) is 25.3 Å². The Hall–Kier alpha value is -2.19. The van der Waals surface area contributed by atoms with E-state index in [4.69, 9.17) is 4.74 Å². The summed E-state index contributed by atoms with van der Waals surface area (Å²) in [6, 6.07) is -0.920. The van der Waals surface area contributed by atoms with E-state index in [2.05, 4.69) is 18.5 Å². The zero-order valence-corrected chi connectivity index (χ0v) is 16.3. The van der Waals surface area contributed by atoms with Gasteiger partial charge in [-0.2, -0.15) is 0 Å². The van der Waals surface area contributed by atoms with Crippen molar-refractivity contribution in [2.75, 3.05) is 13.2 Å². The van der Waals surface area contributed by atoms with Crippen LogP contribution in [-0.4, -0.2) is 69.8 Å². The molecule has 0 aromatic heterocycles. The molecule has 0 aromatic rings. The summed E-state index contributed by atoms with van der Waals surface area (Å²) in [7, 11) is 0. The highest BCUT2D eigenvalue weighted by Gasteiger charge is 2.61. The van der Waals surface area contributed by atoms with Crippen molar-refractivity contribution >= 4 is 17.8 Å². The number of carbonyl (C=O) groups excluding carboxylic acids is 2. The minimum Gasteiger partial charge on any atom is -0.479 e. The van der Waals surface area contributed by atoms with Crippen molar-refractivity contribution in [2.45, 2.75) is 62.8 Å². The number of aliphatic hydroxyl groups is 1. The highest BCUT2D eigenvalue weighted by atomic mass is 16.5. The number of unbranched alkanes of at least 4 members (excludes halogenated alkanes) is 2. The standard InChI is InChI=1S/C20H30N2O6/c1-4-6-7-8-9-28-13(3)18(25)22-12-15(23)10-16(22)17(24)21-20(19(26)27)11-14(20)5-2/h4-5,13-16,23H,1-2,6-12H2,3H3,(H,21,24)(H,26,27)/t13-,14-,15+,16+,20?/m1/s1. The molecule has 0 bridgehead atoms. The normalized spacial score (nSPS) is 29.8. The highest BCUT2D eigenvalue weighted by molar-refractivity contribution is 5.95. The molecule has 3 N–H and O–H groups in total. The third-order valence-electron chi connectivity index (χ3n) is 5.41. The predicted molar refractivity (Wildman–Crippen MR) is 102 cm³/mol. The van der Waals surface area contributed by atoms with Gasteiger partial charge < -0.3 is 25.2 Å². The number of likely N-dealkylation sites (tertiary alicyclic amines) is 1. The van der Waals surface area contributed by atoms with Crippen LogP contribution in [0.2, 0.25) is 0 Å². The van der Waals surface area contributed by atoms with Gasteiger partial charge in [0.1, 0.15) is 17.7 Å². The number of nitrogens with one attached hydrogen (secondary N) is 1. The molecule has 1 heterocycles. The molecule has 5 atom stereocenters. The summed E-state index contributed by atoms with van der Waals surface area (Å²) >= 11 is 0. The number of β-amino-alcohol motifs (C(OH)–C–C–N with tert-alkyl or cyclic N) is 1. The molecule has 1 saturated heterocycles. The van der Waals surface area contributed by atoms with Gasteiger partial charge >= 0.3 is 5.97 Å². The van der Waals surface area contributed by atoms with Gasteiger partial charge in [0.25, 0.3) is 5.91 Å². The summed E-state index contributed by atoms with van der Waals surface area (Å²) in [5.74, 6) is -2.43. The number of aliphatic hydroxyl groups excluding tert-OH is 1. The van der Waals surface area contributed by atoms with Crippen molar-refractivity contribution in [2.24, 2.45) is 5.92 Å². The van der Waals surface area contributed by atoms with Crippen LogP contribution in [0.25, 0.3) is 0 Å². The molecule has 156 valence electrons. The maximum absolute atomic E-state index is 12.7. The van der Waals surface area contributed by atoms with E-state index < -0.39 is 35.7 Å². The van der Waals surface area contributed by atoms with Crippen LogP contribution in [0, 0.1) is 5.92 Å². The first-order chi connectivity index (χ1) is 13.3. The summed E-state index contributed by atoms with van der Waals surface area (Å²) in [6.07, 6.45) is 4.66. The SMILES string of the molecule is C=CCCCCO[C@H](C)C(=O)N1C[C@@H](O)C[C@H]1C(=O)NC1(C(=O)O)C[C@H]1C=C. The maximum Gasteiger partial charge on any atom is 0.330 e. The third kappa shape index (κ3) is 4.80. The zero-order chi connectivity index (χ0) is 20.9. The number of carbonyl (C=O) groups is 3. The molecule has 2 aliphatic rings. The fraction of sp³-hybridized carbons (Fsp3) is 0.650. The Morgan fingerprint density at radius 1 is 1.36 bits per heavy atom. The second-order valence-corrected chi connectivity index (χ2v) is 7.51. The van der Waals surface area contributed by atoms with Gasteiger partial charge in [0, 0.05) is 25.5 Å². The van der Waals surface area contributed by atoms with Crippen molar-refractivity contribution in [3.8, 4) is 0 Å². The number of ether oxygens (including phenoxy) is 1. The van der Waals surface area contributed by atoms with Crippen LogP contribution in [-0.2, 0) is 19.1 Å². The monoisotopic (exact) mass is 394 g/mol. The second kappa shape index (κ2) is 9.34. The number of hydrogen-bond acceptors (Lipinski definition) is 5. The Morgan fingerprint density at radius 2 is 2.07 bits per heavy atom. The number of rotatable bonds is 11. The molecule has 0 radical (unpaired) electrons. The van der Waals surface area contributed by atoms with Crippen molar-refractivity contribution in [3.63, 3.8) is 0 Å². The number of carboxylic acids is 1. The van der Waals surface area contributed by atoms with Gasteiger partial charge in [-0.3, -0.25) is 9.59 Å². The first-order valence-electron chi connectivity index (χ1n) is 9.65. The molecule has 1 aliphatic carbocycles. The second-order valence-electron chi connectivity index (χ2n) is 7.51. The van der Waals surface area contributed by atoms with Gasteiger partial charge in [-0.15, -0.1) is 13.2 Å². The molecule has 8 nitrogen and oxygen atoms in total. The van der Waals surface area contributed by atoms with Gasteiger partial charge in [0.05, 0.1) is 6.10 Å². The van der Waals surface area contributed by atoms with Crippen LogP contribution < -0.4 is 5.32 Å². The summed E-state index contributed by atoms with van der Waals surface area (Å²) in [5, 5.41) is 22.0. The fourth-order valence-electron chi connectivity index (χ4n) is 3.58. The largest absolute Gasteiger partial charge is 0.479 e. The molecule has 28 heavy (non-hydrogen) atoms. The Morgan fingerprint density at radius 3 is 2.64 bits per heavy atom. The van der Waals surface area contributed by atoms with E-state index in [1.54, 1.807) is 6.92 Å². The number of aliphatic carboxylic acids is 1. The van der Waals surface area contributed by atoms with Gasteiger partial charge in [0.15, 0.2) is 0 Å². The van der Waals surface area contributed by atoms with Crippen LogP contribution in [0.4, 0.5) is 0 Å². The molecule has 1 saturated carbocycles. The Bertz CT molecular complexity index is 636. The Labute approximate surface area is 165 Å². The van der Waals surface area contributed by atoms with Crippen LogP contribution in [0.3, 0.4) is 0 Å². The lowest BCUT2D eigenvalue weighted by Gasteiger charge is -2.27. The van der Waals surface area contributed by atoms with Crippen LogP contribution in [0.5, 0.6) is 0 Å². The number of hydrogen-bond donors (Lipinski definition) is 3. The van der Waals surface area contributed by atoms with Crippen molar-refractivity contribution in [1.29, 1.82) is 0 Å². The van der Waals surface area contributed by atoms with E-state index in [-0.39, 0.29) is 31.2 Å². The maximum atomic E-state index is 12.7. The van der Waals surface area contributed by atoms with E-state index in [9.17, 15) is 24.6 Å². The molecule has 2 amide bonds. The quantitative estimate of drug-likeness (QED) is 0.353. The van der Waals surface area contributed by atoms with E-state index >= 15 is 0 Å². The fourth-order valence-corrected chi connectivity index (χ4v) is 3.58. The number of allylic oxidation sites excluding steroid dienone is 1. The molecule has 1 unspecified atom stereocenters. The molecular weight excluding hydrogens is 364 g/mol. The van der Waals surface area contributed by atoms with Crippen LogP contribution in [0.1, 0.15) is 39.0 Å². The lowest BCUT2D eigenvalue weighted by molar-refractivity contribution is -0.149. The lowest BCUT2D eigenvalue weighted by atomic mass is 10.1. The molecule has 1 aliphatic heterocycles. The molecule has 2 rings (SSSR count). The van der Waals surface area contributed by atoms with E-state index in [1.165, 1.54) is 11.0 Å². The molecule has 0 aromatic carbocycles. The lowest BCUT2D eigenvalue weighted by Crippen LogP contribution is -2.54. The Balaban J connectivity index is 1.96. The van der Waals surface area contributed by atoms with Crippen molar-refractivity contribution in [1.82, 2.24) is 10.2 Å². The molecule has 2 fully saturated rings. The minimum absolute atomic E-state index is 0.0199.